The number of nitrogens with zero attached hydrogens (tertiary/aromatic N) is 1. The molecule has 1 rings (SSSR count). The second-order valence-electron chi connectivity index (χ2n) is 4.64. The van der Waals surface area contributed by atoms with Crippen LogP contribution in [0.15, 0.2) is 30.3 Å². The first-order valence-corrected chi connectivity index (χ1v) is 8.38. The van der Waals surface area contributed by atoms with Crippen LogP contribution in [0.3, 0.4) is 0 Å². The molecule has 19 heavy (non-hydrogen) atoms. The second kappa shape index (κ2) is 8.30. The zero-order chi connectivity index (χ0) is 14.9. The zero-order valence-corrected chi connectivity index (χ0v) is 13.1. The molecule has 4 nitrogen and oxygen atoms in total. The topological polar surface area (TPSA) is 57.2 Å². The summed E-state index contributed by atoms with van der Waals surface area (Å²) in [5, 5.41) is 0. The van der Waals surface area contributed by atoms with Crippen LogP contribution in [0.1, 0.15) is 26.3 Å². The molecule has 0 aliphatic rings. The van der Waals surface area contributed by atoms with Crippen LogP contribution in [-0.4, -0.2) is 43.3 Å². The first-order chi connectivity index (χ1) is 8.76. The molecule has 0 saturated heterocycles. The highest BCUT2D eigenvalue weighted by molar-refractivity contribution is 7.84. The van der Waals surface area contributed by atoms with Gasteiger partial charge in [0.2, 0.25) is 0 Å². The van der Waals surface area contributed by atoms with Gasteiger partial charge in [-0.3, -0.25) is 0 Å². The van der Waals surface area contributed by atoms with Crippen molar-refractivity contribution in [2.75, 3.05) is 25.9 Å². The van der Waals surface area contributed by atoms with Crippen molar-refractivity contribution in [3.8, 4) is 0 Å². The van der Waals surface area contributed by atoms with Gasteiger partial charge in [0, 0.05) is 11.8 Å². The molecule has 0 fully saturated rings. The van der Waals surface area contributed by atoms with E-state index >= 15 is 0 Å². The van der Waals surface area contributed by atoms with Crippen LogP contribution < -0.4 is 0 Å². The molecule has 0 radical (unpaired) electrons. The number of benzene rings is 1. The molecule has 1 aromatic carbocycles. The molecule has 1 aromatic rings. The largest absolute Gasteiger partial charge is 0.748 e. The fourth-order valence-electron chi connectivity index (χ4n) is 1.98. The van der Waals surface area contributed by atoms with E-state index in [1.165, 1.54) is 36.2 Å². The summed E-state index contributed by atoms with van der Waals surface area (Å²) in [6.45, 7) is 11.7. The number of quaternary nitrogens is 1. The molecule has 5 heteroatoms. The highest BCUT2D eigenvalue weighted by atomic mass is 32.2. The van der Waals surface area contributed by atoms with E-state index < -0.39 is 10.1 Å². The standard InChI is InChI=1S/C13H22N.CH4O3S/c1-4-14(5-2,6-3)12-13-10-8-7-9-11-13;1-5(2,3)4/h7-11H,4-6,12H2,1-3H3;1H3,(H,2,3,4)/q+1;/p-1. The van der Waals surface area contributed by atoms with Crippen LogP contribution in [0.2, 0.25) is 0 Å². The Balaban J connectivity index is 0.000000555. The van der Waals surface area contributed by atoms with E-state index in [0.29, 0.717) is 6.26 Å². The molecule has 110 valence electrons. The fraction of sp³-hybridized carbons (Fsp3) is 0.571. The maximum Gasteiger partial charge on any atom is 0.104 e. The maximum absolute atomic E-state index is 9.08. The summed E-state index contributed by atoms with van der Waals surface area (Å²) in [7, 11) is -3.92. The van der Waals surface area contributed by atoms with E-state index in [2.05, 4.69) is 51.1 Å². The Morgan fingerprint density at radius 3 is 1.68 bits per heavy atom. The third-order valence-electron chi connectivity index (χ3n) is 3.37. The van der Waals surface area contributed by atoms with Gasteiger partial charge in [0.05, 0.1) is 29.8 Å². The van der Waals surface area contributed by atoms with Gasteiger partial charge in [0.15, 0.2) is 0 Å². The van der Waals surface area contributed by atoms with E-state index in [4.69, 9.17) is 13.0 Å². The lowest BCUT2D eigenvalue weighted by Gasteiger charge is -2.35. The second-order valence-corrected chi connectivity index (χ2v) is 6.05. The Labute approximate surface area is 117 Å². The molecule has 0 aliphatic heterocycles. The van der Waals surface area contributed by atoms with E-state index in [1.54, 1.807) is 0 Å². The van der Waals surface area contributed by atoms with Gasteiger partial charge in [-0.25, -0.2) is 8.42 Å². The zero-order valence-electron chi connectivity index (χ0n) is 12.3. The smallest absolute Gasteiger partial charge is 0.104 e. The van der Waals surface area contributed by atoms with Gasteiger partial charge >= 0.3 is 0 Å². The Bertz CT molecular complexity index is 423. The molecule has 0 aliphatic carbocycles. The van der Waals surface area contributed by atoms with Crippen molar-refractivity contribution in [1.82, 2.24) is 0 Å². The lowest BCUT2D eigenvalue weighted by atomic mass is 10.2. The third kappa shape index (κ3) is 8.75. The average molecular weight is 287 g/mol. The van der Waals surface area contributed by atoms with E-state index in [9.17, 15) is 0 Å². The summed E-state index contributed by atoms with van der Waals surface area (Å²) in [5.41, 5.74) is 1.46. The van der Waals surface area contributed by atoms with Crippen molar-refractivity contribution in [2.45, 2.75) is 27.3 Å². The van der Waals surface area contributed by atoms with Gasteiger partial charge in [-0.15, -0.1) is 0 Å². The third-order valence-corrected chi connectivity index (χ3v) is 3.37. The predicted molar refractivity (Wildman–Crippen MR) is 77.7 cm³/mol. The van der Waals surface area contributed by atoms with Crippen molar-refractivity contribution >= 4 is 10.1 Å². The van der Waals surface area contributed by atoms with Gasteiger partial charge in [0.25, 0.3) is 0 Å². The van der Waals surface area contributed by atoms with Crippen LogP contribution in [0.4, 0.5) is 0 Å². The minimum absolute atomic E-state index is 0.604. The van der Waals surface area contributed by atoms with Crippen LogP contribution in [-0.2, 0) is 16.7 Å². The molecule has 0 spiro atoms. The Morgan fingerprint density at radius 2 is 1.37 bits per heavy atom. The first-order valence-electron chi connectivity index (χ1n) is 6.56. The quantitative estimate of drug-likeness (QED) is 0.616. The highest BCUT2D eigenvalue weighted by Gasteiger charge is 2.20. The Morgan fingerprint density at radius 1 is 1.00 bits per heavy atom. The first kappa shape index (κ1) is 18.1. The number of hydrogen-bond donors (Lipinski definition) is 0. The molecule has 0 heterocycles. The predicted octanol–water partition coefficient (Wildman–Crippen LogP) is 2.22. The minimum Gasteiger partial charge on any atom is -0.748 e. The molecule has 0 N–H and O–H groups in total. The van der Waals surface area contributed by atoms with Crippen LogP contribution in [0.25, 0.3) is 0 Å². The molecule has 0 atom stereocenters. The normalized spacial score (nSPS) is 11.6. The number of hydrogen-bond acceptors (Lipinski definition) is 3. The summed E-state index contributed by atoms with van der Waals surface area (Å²) in [4.78, 5) is 0. The Hall–Kier alpha value is -0.910. The van der Waals surface area contributed by atoms with E-state index in [-0.39, 0.29) is 0 Å². The molecule has 0 unspecified atom stereocenters. The molecule has 0 amide bonds. The summed E-state index contributed by atoms with van der Waals surface area (Å²) < 4.78 is 28.4. The van der Waals surface area contributed by atoms with Gasteiger partial charge in [-0.2, -0.15) is 0 Å². The van der Waals surface area contributed by atoms with Crippen molar-refractivity contribution in [3.05, 3.63) is 35.9 Å². The van der Waals surface area contributed by atoms with Gasteiger partial charge in [-0.05, 0) is 20.8 Å². The van der Waals surface area contributed by atoms with E-state index in [1.807, 2.05) is 0 Å². The molecular formula is C14H25NO3S. The molecule has 0 saturated carbocycles. The van der Waals surface area contributed by atoms with Crippen LogP contribution >= 0.6 is 0 Å². The van der Waals surface area contributed by atoms with Crippen molar-refractivity contribution < 1.29 is 17.5 Å². The van der Waals surface area contributed by atoms with Gasteiger partial charge < -0.3 is 9.04 Å². The maximum atomic E-state index is 9.08. The monoisotopic (exact) mass is 287 g/mol. The lowest BCUT2D eigenvalue weighted by molar-refractivity contribution is -0.936. The van der Waals surface area contributed by atoms with Crippen molar-refractivity contribution in [2.24, 2.45) is 0 Å². The SMILES string of the molecule is CC[N+](CC)(CC)Cc1ccccc1.CS(=O)(=O)[O-]. The molecule has 0 aromatic heterocycles. The lowest BCUT2D eigenvalue weighted by Crippen LogP contribution is -2.46. The summed E-state index contributed by atoms with van der Waals surface area (Å²) in [6.07, 6.45) is 0.604. The summed E-state index contributed by atoms with van der Waals surface area (Å²) in [5.74, 6) is 0. The van der Waals surface area contributed by atoms with Crippen LogP contribution in [0, 0.1) is 0 Å². The fourth-order valence-corrected chi connectivity index (χ4v) is 1.98. The summed E-state index contributed by atoms with van der Waals surface area (Å²) in [6, 6.07) is 10.8. The van der Waals surface area contributed by atoms with Gasteiger partial charge in [-0.1, -0.05) is 30.3 Å². The summed E-state index contributed by atoms with van der Waals surface area (Å²) >= 11 is 0. The van der Waals surface area contributed by atoms with E-state index in [0.717, 1.165) is 0 Å². The molecule has 0 bridgehead atoms. The van der Waals surface area contributed by atoms with Crippen molar-refractivity contribution in [1.29, 1.82) is 0 Å². The molecular weight excluding hydrogens is 262 g/mol. The van der Waals surface area contributed by atoms with Gasteiger partial charge in [0.1, 0.15) is 6.54 Å². The Kier molecular flexibility index (Phi) is 7.90. The highest BCUT2D eigenvalue weighted by Crippen LogP contribution is 2.13. The van der Waals surface area contributed by atoms with Crippen LogP contribution in [0.5, 0.6) is 0 Å². The van der Waals surface area contributed by atoms with Crippen molar-refractivity contribution in [3.63, 3.8) is 0 Å². The average Bonchev–Trinajstić information content (AvgIpc) is 2.35. The minimum atomic E-state index is -3.92. The number of rotatable bonds is 5.